The second-order valence-corrected chi connectivity index (χ2v) is 4.45. The molecule has 0 saturated carbocycles. The first-order valence-corrected chi connectivity index (χ1v) is 4.64. The minimum Gasteiger partial charge on any atom is -0.384 e. The molecular weight excluding hydrogens is 174 g/mol. The molecule has 14 heavy (non-hydrogen) atoms. The number of anilines is 1. The highest BCUT2D eigenvalue weighted by Crippen LogP contribution is 2.25. The van der Waals surface area contributed by atoms with Crippen molar-refractivity contribution in [2.75, 3.05) is 5.73 Å². The van der Waals surface area contributed by atoms with Crippen LogP contribution in [0.3, 0.4) is 0 Å². The molecule has 76 valence electrons. The van der Waals surface area contributed by atoms with Gasteiger partial charge in [-0.25, -0.2) is 4.98 Å². The van der Waals surface area contributed by atoms with E-state index in [0.717, 1.165) is 11.5 Å². The number of nitrogens with zero attached hydrogens (tertiary/aromatic N) is 2. The van der Waals surface area contributed by atoms with Crippen LogP contribution in [0, 0.1) is 19.3 Å². The van der Waals surface area contributed by atoms with Crippen molar-refractivity contribution in [1.82, 2.24) is 9.55 Å². The van der Waals surface area contributed by atoms with E-state index in [0.29, 0.717) is 12.4 Å². The van der Waals surface area contributed by atoms with Gasteiger partial charge in [0.25, 0.3) is 0 Å². The van der Waals surface area contributed by atoms with E-state index in [1.54, 1.807) is 0 Å². The molecule has 0 atom stereocenters. The van der Waals surface area contributed by atoms with Gasteiger partial charge in [-0.1, -0.05) is 26.7 Å². The van der Waals surface area contributed by atoms with Gasteiger partial charge in [-0.15, -0.1) is 6.42 Å². The summed E-state index contributed by atoms with van der Waals surface area (Å²) in [6.45, 7) is 8.68. The van der Waals surface area contributed by atoms with E-state index in [-0.39, 0.29) is 5.41 Å². The third kappa shape index (κ3) is 1.74. The normalized spacial score (nSPS) is 11.4. The van der Waals surface area contributed by atoms with Crippen LogP contribution in [0.1, 0.15) is 32.3 Å². The zero-order chi connectivity index (χ0) is 10.9. The van der Waals surface area contributed by atoms with Crippen molar-refractivity contribution in [1.29, 1.82) is 0 Å². The number of nitrogens with two attached hydrogens (primary N) is 1. The van der Waals surface area contributed by atoms with Gasteiger partial charge in [-0.3, -0.25) is 0 Å². The first kappa shape index (κ1) is 10.6. The van der Waals surface area contributed by atoms with Crippen molar-refractivity contribution >= 4 is 5.82 Å². The Kier molecular flexibility index (Phi) is 2.57. The van der Waals surface area contributed by atoms with Gasteiger partial charge in [-0.05, 0) is 6.92 Å². The molecule has 0 aliphatic rings. The summed E-state index contributed by atoms with van der Waals surface area (Å²) in [5, 5.41) is 0. The van der Waals surface area contributed by atoms with Crippen LogP contribution >= 0.6 is 0 Å². The number of aryl methyl sites for hydroxylation is 1. The van der Waals surface area contributed by atoms with E-state index in [4.69, 9.17) is 12.2 Å². The molecule has 3 heteroatoms. The Morgan fingerprint density at radius 1 is 1.50 bits per heavy atom. The molecule has 0 aliphatic heterocycles. The molecule has 0 saturated heterocycles. The molecule has 0 spiro atoms. The number of imidazole rings is 1. The number of terminal acetylenes is 1. The summed E-state index contributed by atoms with van der Waals surface area (Å²) in [4.78, 5) is 4.44. The van der Waals surface area contributed by atoms with Crippen LogP contribution in [0.2, 0.25) is 0 Å². The minimum atomic E-state index is -0.0285. The van der Waals surface area contributed by atoms with Gasteiger partial charge in [0.05, 0.1) is 12.2 Å². The Morgan fingerprint density at radius 3 is 2.50 bits per heavy atom. The van der Waals surface area contributed by atoms with Crippen molar-refractivity contribution < 1.29 is 0 Å². The van der Waals surface area contributed by atoms with E-state index in [1.807, 2.05) is 11.5 Å². The van der Waals surface area contributed by atoms with Crippen LogP contribution in [0.25, 0.3) is 0 Å². The second kappa shape index (κ2) is 3.38. The molecule has 0 aromatic carbocycles. The van der Waals surface area contributed by atoms with Gasteiger partial charge >= 0.3 is 0 Å². The maximum atomic E-state index is 5.89. The Morgan fingerprint density at radius 2 is 2.07 bits per heavy atom. The molecule has 1 heterocycles. The number of hydrogen-bond donors (Lipinski definition) is 1. The van der Waals surface area contributed by atoms with E-state index >= 15 is 0 Å². The fourth-order valence-corrected chi connectivity index (χ4v) is 1.41. The zero-order valence-electron chi connectivity index (χ0n) is 9.26. The lowest BCUT2D eigenvalue weighted by Gasteiger charge is -2.19. The van der Waals surface area contributed by atoms with E-state index < -0.39 is 0 Å². The third-order valence-corrected chi connectivity index (χ3v) is 2.11. The summed E-state index contributed by atoms with van der Waals surface area (Å²) >= 11 is 0. The van der Waals surface area contributed by atoms with E-state index in [1.165, 1.54) is 0 Å². The fourth-order valence-electron chi connectivity index (χ4n) is 1.41. The lowest BCUT2D eigenvalue weighted by Crippen LogP contribution is -2.19. The highest BCUT2D eigenvalue weighted by molar-refractivity contribution is 5.39. The largest absolute Gasteiger partial charge is 0.384 e. The van der Waals surface area contributed by atoms with Gasteiger partial charge in [0.2, 0.25) is 0 Å². The predicted molar refractivity (Wildman–Crippen MR) is 58.9 cm³/mol. The average molecular weight is 191 g/mol. The zero-order valence-corrected chi connectivity index (χ0v) is 9.26. The monoisotopic (exact) mass is 191 g/mol. The van der Waals surface area contributed by atoms with Crippen molar-refractivity contribution in [3.05, 3.63) is 11.5 Å². The minimum absolute atomic E-state index is 0.0285. The lowest BCUT2D eigenvalue weighted by molar-refractivity contribution is 0.517. The molecule has 1 aromatic rings. The van der Waals surface area contributed by atoms with Crippen LogP contribution in [-0.4, -0.2) is 9.55 Å². The summed E-state index contributed by atoms with van der Waals surface area (Å²) in [7, 11) is 0. The molecule has 0 amide bonds. The van der Waals surface area contributed by atoms with Crippen LogP contribution in [0.5, 0.6) is 0 Å². The topological polar surface area (TPSA) is 43.8 Å². The number of rotatable bonds is 1. The Bertz CT molecular complexity index is 374. The van der Waals surface area contributed by atoms with E-state index in [9.17, 15) is 0 Å². The van der Waals surface area contributed by atoms with Crippen molar-refractivity contribution in [2.24, 2.45) is 0 Å². The van der Waals surface area contributed by atoms with Gasteiger partial charge in [0.1, 0.15) is 11.6 Å². The van der Waals surface area contributed by atoms with Gasteiger partial charge in [0, 0.05) is 5.41 Å². The van der Waals surface area contributed by atoms with Crippen LogP contribution in [0.4, 0.5) is 5.82 Å². The van der Waals surface area contributed by atoms with Crippen molar-refractivity contribution in [3.63, 3.8) is 0 Å². The maximum Gasteiger partial charge on any atom is 0.127 e. The molecular formula is C11H17N3. The molecule has 1 aromatic heterocycles. The summed E-state index contributed by atoms with van der Waals surface area (Å²) in [5.41, 5.74) is 6.71. The van der Waals surface area contributed by atoms with Crippen LogP contribution < -0.4 is 5.73 Å². The molecule has 0 radical (unpaired) electrons. The highest BCUT2D eigenvalue weighted by atomic mass is 15.1. The average Bonchev–Trinajstić information content (AvgIpc) is 2.32. The second-order valence-electron chi connectivity index (χ2n) is 4.45. The number of hydrogen-bond acceptors (Lipinski definition) is 2. The Labute approximate surface area is 85.3 Å². The van der Waals surface area contributed by atoms with Gasteiger partial charge < -0.3 is 10.3 Å². The van der Waals surface area contributed by atoms with Gasteiger partial charge in [0.15, 0.2) is 0 Å². The smallest absolute Gasteiger partial charge is 0.127 e. The first-order chi connectivity index (χ1) is 6.38. The SMILES string of the molecule is C#CCn1c(C(C)(C)C)nc(C)c1N. The van der Waals surface area contributed by atoms with E-state index in [2.05, 4.69) is 31.7 Å². The molecule has 3 nitrogen and oxygen atoms in total. The predicted octanol–water partition coefficient (Wildman–Crippen LogP) is 1.70. The lowest BCUT2D eigenvalue weighted by atomic mass is 9.96. The van der Waals surface area contributed by atoms with Crippen LogP contribution in [-0.2, 0) is 12.0 Å². The number of nitrogen functional groups attached to an aromatic ring is 1. The Hall–Kier alpha value is -1.43. The summed E-state index contributed by atoms with van der Waals surface area (Å²) in [6, 6.07) is 0. The molecule has 0 unspecified atom stereocenters. The molecule has 2 N–H and O–H groups in total. The molecule has 0 aliphatic carbocycles. The summed E-state index contributed by atoms with van der Waals surface area (Å²) < 4.78 is 1.90. The molecule has 0 fully saturated rings. The van der Waals surface area contributed by atoms with Crippen LogP contribution in [0.15, 0.2) is 0 Å². The Balaban J connectivity index is 3.31. The summed E-state index contributed by atoms with van der Waals surface area (Å²) in [6.07, 6.45) is 5.30. The van der Waals surface area contributed by atoms with Crippen molar-refractivity contribution in [2.45, 2.75) is 39.7 Å². The quantitative estimate of drug-likeness (QED) is 0.687. The first-order valence-electron chi connectivity index (χ1n) is 4.64. The maximum absolute atomic E-state index is 5.89. The van der Waals surface area contributed by atoms with Crippen molar-refractivity contribution in [3.8, 4) is 12.3 Å². The van der Waals surface area contributed by atoms with Gasteiger partial charge in [-0.2, -0.15) is 0 Å². The fraction of sp³-hybridized carbons (Fsp3) is 0.545. The highest BCUT2D eigenvalue weighted by Gasteiger charge is 2.22. The summed E-state index contributed by atoms with van der Waals surface area (Å²) in [5.74, 6) is 4.22. The number of aromatic nitrogens is 2. The standard InChI is InChI=1S/C11H17N3/c1-6-7-14-9(12)8(2)13-10(14)11(3,4)5/h1H,7,12H2,2-5H3. The molecule has 0 bridgehead atoms. The third-order valence-electron chi connectivity index (χ3n) is 2.11. The molecule has 1 rings (SSSR count).